The summed E-state index contributed by atoms with van der Waals surface area (Å²) in [5.41, 5.74) is 5.99. The first-order valence-electron chi connectivity index (χ1n) is 10.2. The van der Waals surface area contributed by atoms with Crippen LogP contribution in [-0.2, 0) is 11.8 Å². The molecule has 3 aromatic heterocycles. The number of rotatable bonds is 5. The molecule has 0 saturated carbocycles. The Kier molecular flexibility index (Phi) is 5.01. The minimum Gasteiger partial charge on any atom is -0.378 e. The lowest BCUT2D eigenvalue weighted by Gasteiger charge is -2.12. The summed E-state index contributed by atoms with van der Waals surface area (Å²) in [6.07, 6.45) is 8.32. The quantitative estimate of drug-likeness (QED) is 0.446. The third kappa shape index (κ3) is 3.77. The second-order valence-electron chi connectivity index (χ2n) is 7.58. The summed E-state index contributed by atoms with van der Waals surface area (Å²) in [6.45, 7) is 0. The van der Waals surface area contributed by atoms with Gasteiger partial charge in [-0.1, -0.05) is 42.5 Å². The zero-order chi connectivity index (χ0) is 22.1. The minimum absolute atomic E-state index is 0.475. The molecule has 0 aliphatic heterocycles. The van der Waals surface area contributed by atoms with Crippen LogP contribution in [0.25, 0.3) is 27.9 Å². The third-order valence-electron chi connectivity index (χ3n) is 5.35. The Labute approximate surface area is 184 Å². The molecular weight excluding hydrogens is 402 g/mol. The molecule has 1 atom stereocenters. The summed E-state index contributed by atoms with van der Waals surface area (Å²) in [4.78, 5) is 17.0. The molecule has 0 aliphatic carbocycles. The van der Waals surface area contributed by atoms with Crippen LogP contribution < -0.4 is 5.32 Å². The van der Waals surface area contributed by atoms with Crippen LogP contribution in [0.4, 0.5) is 5.69 Å². The molecule has 0 radical (unpaired) electrons. The van der Waals surface area contributed by atoms with Crippen LogP contribution in [0, 0.1) is 0 Å². The van der Waals surface area contributed by atoms with E-state index in [0.717, 1.165) is 27.9 Å². The number of hydrogen-bond acceptors (Lipinski definition) is 4. The Bertz CT molecular complexity index is 1390. The normalized spacial score (nSPS) is 12.1. The first kappa shape index (κ1) is 19.7. The van der Waals surface area contributed by atoms with Gasteiger partial charge in [-0.3, -0.25) is 14.5 Å². The van der Waals surface area contributed by atoms with Crippen molar-refractivity contribution in [1.29, 1.82) is 0 Å². The van der Waals surface area contributed by atoms with E-state index in [-0.39, 0.29) is 0 Å². The summed E-state index contributed by atoms with van der Waals surface area (Å²) in [6, 6.07) is 18.4. The second kappa shape index (κ2) is 8.13. The average molecular weight is 423 g/mol. The van der Waals surface area contributed by atoms with E-state index in [0.29, 0.717) is 11.3 Å². The fraction of sp³-hybridized carbons (Fsp3) is 0.0800. The molecule has 0 spiro atoms. The van der Waals surface area contributed by atoms with Gasteiger partial charge in [0.2, 0.25) is 0 Å². The molecular formula is C25H21N5O2. The van der Waals surface area contributed by atoms with Crippen LogP contribution in [0.15, 0.2) is 91.6 Å². The number of amides is 1. The molecule has 0 bridgehead atoms. The van der Waals surface area contributed by atoms with Crippen molar-refractivity contribution >= 4 is 17.1 Å². The molecule has 32 heavy (non-hydrogen) atoms. The van der Waals surface area contributed by atoms with Gasteiger partial charge in [0, 0.05) is 54.2 Å². The topological polar surface area (TPSA) is 84.5 Å². The van der Waals surface area contributed by atoms with Gasteiger partial charge in [0.15, 0.2) is 6.10 Å². The number of nitrogens with one attached hydrogen (secondary N) is 1. The second-order valence-corrected chi connectivity index (χ2v) is 7.58. The number of nitrogens with zero attached hydrogens (tertiary/aromatic N) is 4. The number of aliphatic hydroxyl groups is 1. The summed E-state index contributed by atoms with van der Waals surface area (Å²) < 4.78 is 3.81. The van der Waals surface area contributed by atoms with E-state index in [1.165, 1.54) is 0 Å². The lowest BCUT2D eigenvalue weighted by atomic mass is 10.1. The lowest BCUT2D eigenvalue weighted by Crippen LogP contribution is -2.20. The maximum Gasteiger partial charge on any atom is 0.257 e. The number of anilines is 1. The first-order chi connectivity index (χ1) is 15.6. The molecule has 5 aromatic rings. The molecule has 1 unspecified atom stereocenters. The monoisotopic (exact) mass is 423 g/mol. The van der Waals surface area contributed by atoms with Crippen LogP contribution in [0.5, 0.6) is 0 Å². The van der Waals surface area contributed by atoms with Crippen molar-refractivity contribution in [2.45, 2.75) is 6.10 Å². The number of benzene rings is 2. The maximum absolute atomic E-state index is 12.4. The van der Waals surface area contributed by atoms with Gasteiger partial charge in [0.05, 0.1) is 17.4 Å². The lowest BCUT2D eigenvalue weighted by molar-refractivity contribution is -0.124. The summed E-state index contributed by atoms with van der Waals surface area (Å²) in [7, 11) is 1.89. The van der Waals surface area contributed by atoms with Crippen molar-refractivity contribution in [3.8, 4) is 22.4 Å². The van der Waals surface area contributed by atoms with Crippen LogP contribution in [0.2, 0.25) is 0 Å². The Morgan fingerprint density at radius 3 is 2.50 bits per heavy atom. The SMILES string of the molecule is Cn1cc(-c2cc3c(-c4ccc(NC(=O)C(O)c5ccccc5)cc4)nccn3c2)cn1. The Morgan fingerprint density at radius 2 is 1.78 bits per heavy atom. The predicted molar refractivity (Wildman–Crippen MR) is 123 cm³/mol. The van der Waals surface area contributed by atoms with E-state index in [4.69, 9.17) is 0 Å². The molecule has 2 N–H and O–H groups in total. The van der Waals surface area contributed by atoms with Crippen molar-refractivity contribution in [2.24, 2.45) is 7.05 Å². The number of carbonyl (C=O) groups excluding carboxylic acids is 1. The Morgan fingerprint density at radius 1 is 1.00 bits per heavy atom. The van der Waals surface area contributed by atoms with E-state index in [1.54, 1.807) is 47.3 Å². The average Bonchev–Trinajstić information content (AvgIpc) is 3.45. The number of aliphatic hydroxyl groups excluding tert-OH is 1. The smallest absolute Gasteiger partial charge is 0.257 e. The zero-order valence-electron chi connectivity index (χ0n) is 17.4. The molecule has 0 saturated heterocycles. The summed E-state index contributed by atoms with van der Waals surface area (Å²) in [5, 5.41) is 17.3. The predicted octanol–water partition coefficient (Wildman–Crippen LogP) is 4.07. The molecule has 2 aromatic carbocycles. The highest BCUT2D eigenvalue weighted by atomic mass is 16.3. The molecule has 158 valence electrons. The molecule has 7 heteroatoms. The summed E-state index contributed by atoms with van der Waals surface area (Å²) >= 11 is 0. The van der Waals surface area contributed by atoms with Gasteiger partial charge in [0.1, 0.15) is 0 Å². The van der Waals surface area contributed by atoms with E-state index in [2.05, 4.69) is 27.7 Å². The van der Waals surface area contributed by atoms with E-state index in [1.807, 2.05) is 48.2 Å². The van der Waals surface area contributed by atoms with Gasteiger partial charge < -0.3 is 14.8 Å². The van der Waals surface area contributed by atoms with Crippen molar-refractivity contribution < 1.29 is 9.90 Å². The summed E-state index contributed by atoms with van der Waals surface area (Å²) in [5.74, 6) is -0.475. The maximum atomic E-state index is 12.4. The third-order valence-corrected chi connectivity index (χ3v) is 5.35. The highest BCUT2D eigenvalue weighted by Crippen LogP contribution is 2.29. The van der Waals surface area contributed by atoms with E-state index in [9.17, 15) is 9.90 Å². The highest BCUT2D eigenvalue weighted by molar-refractivity contribution is 5.95. The van der Waals surface area contributed by atoms with Gasteiger partial charge in [-0.15, -0.1) is 0 Å². The van der Waals surface area contributed by atoms with E-state index >= 15 is 0 Å². The van der Waals surface area contributed by atoms with Crippen LogP contribution in [0.3, 0.4) is 0 Å². The zero-order valence-corrected chi connectivity index (χ0v) is 17.4. The van der Waals surface area contributed by atoms with Crippen LogP contribution in [0.1, 0.15) is 11.7 Å². The number of carbonyl (C=O) groups is 1. The fourth-order valence-corrected chi connectivity index (χ4v) is 3.70. The molecule has 0 fully saturated rings. The molecule has 5 rings (SSSR count). The van der Waals surface area contributed by atoms with Crippen molar-refractivity contribution in [1.82, 2.24) is 19.2 Å². The Hall–Kier alpha value is -4.23. The molecule has 0 aliphatic rings. The van der Waals surface area contributed by atoms with Crippen molar-refractivity contribution in [3.63, 3.8) is 0 Å². The van der Waals surface area contributed by atoms with Gasteiger partial charge >= 0.3 is 0 Å². The Balaban J connectivity index is 1.39. The first-order valence-corrected chi connectivity index (χ1v) is 10.2. The highest BCUT2D eigenvalue weighted by Gasteiger charge is 2.17. The van der Waals surface area contributed by atoms with Gasteiger partial charge in [-0.2, -0.15) is 5.10 Å². The number of aryl methyl sites for hydroxylation is 1. The van der Waals surface area contributed by atoms with Crippen molar-refractivity contribution in [2.75, 3.05) is 5.32 Å². The standard InChI is InChI=1S/C25H21N5O2/c1-29-15-20(14-27-29)19-13-22-23(26-11-12-30(22)16-19)17-7-9-21(10-8-17)28-25(32)24(31)18-5-3-2-4-6-18/h2-16,24,31H,1H3,(H,28,32). The van der Waals surface area contributed by atoms with Crippen LogP contribution in [-0.4, -0.2) is 30.2 Å². The largest absolute Gasteiger partial charge is 0.378 e. The van der Waals surface area contributed by atoms with Gasteiger partial charge in [-0.05, 0) is 23.8 Å². The van der Waals surface area contributed by atoms with E-state index < -0.39 is 12.0 Å². The number of fused-ring (bicyclic) bond motifs is 1. The minimum atomic E-state index is -1.22. The number of aromatic nitrogens is 4. The number of hydrogen-bond donors (Lipinski definition) is 2. The van der Waals surface area contributed by atoms with Crippen molar-refractivity contribution in [3.05, 3.63) is 97.2 Å². The van der Waals surface area contributed by atoms with Crippen LogP contribution >= 0.6 is 0 Å². The van der Waals surface area contributed by atoms with Gasteiger partial charge in [-0.25, -0.2) is 0 Å². The molecule has 1 amide bonds. The van der Waals surface area contributed by atoms with Gasteiger partial charge in [0.25, 0.3) is 5.91 Å². The molecule has 3 heterocycles. The fourth-order valence-electron chi connectivity index (χ4n) is 3.70. The molecule has 7 nitrogen and oxygen atoms in total.